The third-order valence-corrected chi connectivity index (χ3v) is 5.78. The maximum Gasteiger partial charge on any atom is 0.272 e. The Kier molecular flexibility index (Phi) is 8.82. The van der Waals surface area contributed by atoms with E-state index in [4.69, 9.17) is 23.1 Å². The van der Waals surface area contributed by atoms with Crippen molar-refractivity contribution >= 4 is 52.2 Å². The van der Waals surface area contributed by atoms with Crippen molar-refractivity contribution in [2.24, 2.45) is 11.7 Å². The topological polar surface area (TPSA) is 131 Å². The molecule has 31 heavy (non-hydrogen) atoms. The first-order chi connectivity index (χ1) is 14.7. The number of nitrogens with two attached hydrogens (primary N) is 2. The van der Waals surface area contributed by atoms with E-state index in [1.54, 1.807) is 24.3 Å². The van der Waals surface area contributed by atoms with Gasteiger partial charge in [0.15, 0.2) is 5.69 Å². The molecule has 0 aliphatic carbocycles. The molecule has 1 aromatic carbocycles. The van der Waals surface area contributed by atoms with Crippen LogP contribution in [0.4, 0.5) is 11.4 Å². The molecule has 10 heteroatoms. The second-order valence-electron chi connectivity index (χ2n) is 7.57. The highest BCUT2D eigenvalue weighted by Crippen LogP contribution is 2.29. The molecule has 0 saturated carbocycles. The van der Waals surface area contributed by atoms with Crippen LogP contribution < -0.4 is 21.7 Å². The number of halogens is 1. The summed E-state index contributed by atoms with van der Waals surface area (Å²) in [4.78, 5) is 39.6. The third kappa shape index (κ3) is 6.18. The van der Waals surface area contributed by atoms with Crippen LogP contribution in [0.3, 0.4) is 0 Å². The fourth-order valence-electron chi connectivity index (χ4n) is 3.03. The lowest BCUT2D eigenvalue weighted by atomic mass is 10.1. The smallest absolute Gasteiger partial charge is 0.272 e. The molecule has 3 amide bonds. The Balaban J connectivity index is 2.47. The van der Waals surface area contributed by atoms with Crippen LogP contribution in [0.15, 0.2) is 24.3 Å². The summed E-state index contributed by atoms with van der Waals surface area (Å²) in [7, 11) is 0. The van der Waals surface area contributed by atoms with Crippen molar-refractivity contribution in [3.05, 3.63) is 39.9 Å². The van der Waals surface area contributed by atoms with Gasteiger partial charge in [0.25, 0.3) is 11.8 Å². The zero-order valence-electron chi connectivity index (χ0n) is 17.9. The number of hydrogen-bond donors (Lipinski definition) is 3. The van der Waals surface area contributed by atoms with Crippen LogP contribution >= 0.6 is 23.1 Å². The van der Waals surface area contributed by atoms with E-state index in [2.05, 4.69) is 23.5 Å². The largest absolute Gasteiger partial charge is 0.395 e. The van der Waals surface area contributed by atoms with E-state index in [-0.39, 0.29) is 22.2 Å². The fourth-order valence-corrected chi connectivity index (χ4v) is 3.90. The normalized spacial score (nSPS) is 11.9. The summed E-state index contributed by atoms with van der Waals surface area (Å²) in [5.41, 5.74) is 11.5. The van der Waals surface area contributed by atoms with Gasteiger partial charge in [-0.05, 0) is 54.6 Å². The van der Waals surface area contributed by atoms with E-state index >= 15 is 0 Å². The highest BCUT2D eigenvalue weighted by Gasteiger charge is 2.34. The minimum absolute atomic E-state index is 0.0554. The van der Waals surface area contributed by atoms with Crippen molar-refractivity contribution in [1.29, 1.82) is 0 Å². The van der Waals surface area contributed by atoms with Crippen molar-refractivity contribution in [2.45, 2.75) is 46.1 Å². The number of nitrogens with one attached hydrogen (secondary N) is 1. The molecule has 0 aliphatic heterocycles. The first-order valence-electron chi connectivity index (χ1n) is 10.1. The van der Waals surface area contributed by atoms with Crippen molar-refractivity contribution < 1.29 is 14.4 Å². The lowest BCUT2D eigenvalue weighted by molar-refractivity contribution is -0.122. The van der Waals surface area contributed by atoms with E-state index in [1.165, 1.54) is 4.90 Å². The molecular formula is C21H28ClN5O3S. The van der Waals surface area contributed by atoms with Gasteiger partial charge < -0.3 is 16.8 Å². The molecule has 8 nitrogen and oxygen atoms in total. The quantitative estimate of drug-likeness (QED) is 0.494. The second kappa shape index (κ2) is 11.1. The fraction of sp³-hybridized carbons (Fsp3) is 0.429. The van der Waals surface area contributed by atoms with Crippen LogP contribution in [0.5, 0.6) is 0 Å². The van der Waals surface area contributed by atoms with Crippen molar-refractivity contribution in [2.75, 3.05) is 17.2 Å². The highest BCUT2D eigenvalue weighted by atomic mass is 35.5. The average Bonchev–Trinajstić information content (AvgIpc) is 3.10. The van der Waals surface area contributed by atoms with Gasteiger partial charge in [-0.15, -0.1) is 0 Å². The Bertz CT molecular complexity index is 930. The molecule has 2 aromatic rings. The Morgan fingerprint density at radius 2 is 1.84 bits per heavy atom. The summed E-state index contributed by atoms with van der Waals surface area (Å²) in [6, 6.07) is 5.83. The van der Waals surface area contributed by atoms with E-state index in [0.717, 1.165) is 18.0 Å². The lowest BCUT2D eigenvalue weighted by Gasteiger charge is -2.31. The SMILES string of the molecule is CCC[C@@H](C(=O)NCCC(C)C)N(C(=O)c1snc(C(N)=O)c1N)c1ccc(Cl)cc1. The van der Waals surface area contributed by atoms with Crippen molar-refractivity contribution in [3.63, 3.8) is 0 Å². The monoisotopic (exact) mass is 465 g/mol. The summed E-state index contributed by atoms with van der Waals surface area (Å²) in [5.74, 6) is -1.17. The zero-order valence-corrected chi connectivity index (χ0v) is 19.4. The maximum atomic E-state index is 13.5. The zero-order chi connectivity index (χ0) is 23.1. The van der Waals surface area contributed by atoms with Gasteiger partial charge in [0.05, 0.1) is 5.69 Å². The standard InChI is InChI=1S/C21H28ClN5O3S/c1-4-5-15(20(29)25-11-10-12(2)3)27(14-8-6-13(22)7-9-14)21(30)18-16(23)17(19(24)28)26-31-18/h6-9,12,15H,4-5,10-11,23H2,1-3H3,(H2,24,28)(H,25,29)/t15-/m0/s1. The average molecular weight is 466 g/mol. The summed E-state index contributed by atoms with van der Waals surface area (Å²) in [5, 5.41) is 3.43. The molecule has 0 saturated heterocycles. The van der Waals surface area contributed by atoms with Crippen LogP contribution in [-0.4, -0.2) is 34.7 Å². The predicted octanol–water partition coefficient (Wildman–Crippen LogP) is 3.46. The van der Waals surface area contributed by atoms with Gasteiger partial charge in [0.1, 0.15) is 10.9 Å². The Morgan fingerprint density at radius 1 is 1.19 bits per heavy atom. The lowest BCUT2D eigenvalue weighted by Crippen LogP contribution is -2.50. The van der Waals surface area contributed by atoms with E-state index in [1.807, 2.05) is 6.92 Å². The van der Waals surface area contributed by atoms with Gasteiger partial charge in [0.2, 0.25) is 5.91 Å². The second-order valence-corrected chi connectivity index (χ2v) is 8.78. The molecule has 0 bridgehead atoms. The minimum Gasteiger partial charge on any atom is -0.395 e. The van der Waals surface area contributed by atoms with Gasteiger partial charge >= 0.3 is 0 Å². The molecule has 0 radical (unpaired) electrons. The molecule has 0 unspecified atom stereocenters. The van der Waals surface area contributed by atoms with Gasteiger partial charge in [-0.2, -0.15) is 4.37 Å². The molecule has 1 heterocycles. The number of amides is 3. The number of rotatable bonds is 10. The molecular weight excluding hydrogens is 438 g/mol. The summed E-state index contributed by atoms with van der Waals surface area (Å²) in [6.07, 6.45) is 1.93. The number of carbonyl (C=O) groups excluding carboxylic acids is 3. The van der Waals surface area contributed by atoms with Crippen molar-refractivity contribution in [3.8, 4) is 0 Å². The maximum absolute atomic E-state index is 13.5. The number of aromatic nitrogens is 1. The summed E-state index contributed by atoms with van der Waals surface area (Å²) < 4.78 is 3.92. The van der Waals surface area contributed by atoms with Gasteiger partial charge in [0, 0.05) is 17.3 Å². The van der Waals surface area contributed by atoms with E-state index < -0.39 is 17.9 Å². The molecule has 0 spiro atoms. The number of nitrogens with zero attached hydrogens (tertiary/aromatic N) is 2. The minimum atomic E-state index is -0.817. The first-order valence-corrected chi connectivity index (χ1v) is 11.2. The Hall–Kier alpha value is -2.65. The molecule has 2 rings (SSSR count). The first kappa shape index (κ1) is 24.6. The van der Waals surface area contributed by atoms with Crippen LogP contribution in [0.2, 0.25) is 5.02 Å². The van der Waals surface area contributed by atoms with Crippen molar-refractivity contribution in [1.82, 2.24) is 9.69 Å². The molecule has 1 atom stereocenters. The van der Waals surface area contributed by atoms with Crippen LogP contribution in [-0.2, 0) is 4.79 Å². The highest BCUT2D eigenvalue weighted by molar-refractivity contribution is 7.09. The summed E-state index contributed by atoms with van der Waals surface area (Å²) >= 11 is 6.80. The van der Waals surface area contributed by atoms with Crippen LogP contribution in [0.1, 0.15) is 60.2 Å². The third-order valence-electron chi connectivity index (χ3n) is 4.68. The number of anilines is 2. The van der Waals surface area contributed by atoms with Gasteiger partial charge in [-0.3, -0.25) is 19.3 Å². The number of carbonyl (C=O) groups is 3. The Labute approximate surface area is 191 Å². The van der Waals surface area contributed by atoms with Gasteiger partial charge in [-0.1, -0.05) is 38.8 Å². The predicted molar refractivity (Wildman–Crippen MR) is 124 cm³/mol. The van der Waals surface area contributed by atoms with Crippen LogP contribution in [0.25, 0.3) is 0 Å². The Morgan fingerprint density at radius 3 is 2.35 bits per heavy atom. The van der Waals surface area contributed by atoms with E-state index in [9.17, 15) is 14.4 Å². The number of hydrogen-bond acceptors (Lipinski definition) is 6. The molecule has 1 aromatic heterocycles. The number of primary amides is 1. The molecule has 5 N–H and O–H groups in total. The summed E-state index contributed by atoms with van der Waals surface area (Å²) in [6.45, 7) is 6.59. The number of benzene rings is 1. The molecule has 0 aliphatic rings. The van der Waals surface area contributed by atoms with Crippen LogP contribution in [0, 0.1) is 5.92 Å². The number of nitrogen functional groups attached to an aromatic ring is 1. The molecule has 168 valence electrons. The molecule has 0 fully saturated rings. The van der Waals surface area contributed by atoms with E-state index in [0.29, 0.717) is 36.0 Å². The van der Waals surface area contributed by atoms with Gasteiger partial charge in [-0.25, -0.2) is 0 Å².